The lowest BCUT2D eigenvalue weighted by atomic mass is 9.86. The third-order valence-corrected chi connectivity index (χ3v) is 29.1. The number of nitrogens with zero attached hydrogens (tertiary/aromatic N) is 6. The van der Waals surface area contributed by atoms with Crippen molar-refractivity contribution in [2.45, 2.75) is 105 Å². The molecule has 0 aliphatic carbocycles. The Morgan fingerprint density at radius 2 is 0.457 bits per heavy atom. The molecule has 6 heterocycles. The van der Waals surface area contributed by atoms with Gasteiger partial charge in [-0.15, -0.1) is 0 Å². The molecule has 0 unspecified atom stereocenters. The molecule has 0 radical (unpaired) electrons. The van der Waals surface area contributed by atoms with E-state index < -0.39 is 0 Å². The van der Waals surface area contributed by atoms with Crippen LogP contribution >= 0.6 is 0 Å². The normalized spacial score (nSPS) is 12.5. The minimum absolute atomic E-state index is 0.0449. The summed E-state index contributed by atoms with van der Waals surface area (Å²) >= 11 is 0. The van der Waals surface area contributed by atoms with Crippen LogP contribution in [-0.4, -0.2) is 8.80 Å². The number of furan rings is 2. The maximum Gasteiger partial charge on any atom is 0.187 e. The molecule has 8 heteroatoms. The molecule has 0 aliphatic heterocycles. The Kier molecular flexibility index (Phi) is 18.6. The number of aromatic nitrogens is 2. The monoisotopic (exact) mass is 1770 g/mol. The predicted octanol–water partition coefficient (Wildman–Crippen LogP) is 38.0. The van der Waals surface area contributed by atoms with E-state index in [0.717, 1.165) is 111 Å². The average molecular weight is 1780 g/mol. The van der Waals surface area contributed by atoms with Gasteiger partial charge in [-0.25, -0.2) is 9.69 Å². The van der Waals surface area contributed by atoms with Gasteiger partial charge in [0.2, 0.25) is 0 Å². The van der Waals surface area contributed by atoms with E-state index in [4.69, 9.17) is 22.0 Å². The van der Waals surface area contributed by atoms with Gasteiger partial charge in [-0.3, -0.25) is 0 Å². The first-order chi connectivity index (χ1) is 66.7. The zero-order valence-corrected chi connectivity index (χ0v) is 79.3. The Balaban J connectivity index is 0.000000150. The van der Waals surface area contributed by atoms with E-state index in [1.165, 1.54) is 153 Å². The largest absolute Gasteiger partial charge is 0.456 e. The molecule has 660 valence electrons. The van der Waals surface area contributed by atoms with Gasteiger partial charge in [-0.2, -0.15) is 0 Å². The van der Waals surface area contributed by atoms with Crippen molar-refractivity contribution in [1.29, 1.82) is 0 Å². The summed E-state index contributed by atoms with van der Waals surface area (Å²) < 4.78 is 17.3. The molecule has 0 spiro atoms. The van der Waals surface area contributed by atoms with Crippen LogP contribution in [0.4, 0.5) is 45.5 Å². The van der Waals surface area contributed by atoms with Crippen molar-refractivity contribution in [1.82, 2.24) is 8.80 Å². The van der Waals surface area contributed by atoms with E-state index in [1.807, 2.05) is 48.5 Å². The van der Waals surface area contributed by atoms with Crippen molar-refractivity contribution in [3.63, 3.8) is 0 Å². The minimum Gasteiger partial charge on any atom is -0.456 e. The molecule has 0 N–H and O–H groups in total. The van der Waals surface area contributed by atoms with Crippen LogP contribution in [0, 0.1) is 13.1 Å². The lowest BCUT2D eigenvalue weighted by Crippen LogP contribution is -2.14. The highest BCUT2D eigenvalue weighted by Gasteiger charge is 2.28. The number of fused-ring (bicyclic) bond motifs is 22. The zero-order valence-electron chi connectivity index (χ0n) is 79.3. The topological polar surface area (TPSA) is 50.3 Å². The van der Waals surface area contributed by atoms with Gasteiger partial charge in [0, 0.05) is 98.8 Å². The summed E-state index contributed by atoms with van der Waals surface area (Å²) in [4.78, 5) is 12.2. The molecule has 0 amide bonds. The lowest BCUT2D eigenvalue weighted by Gasteiger charge is -2.28. The summed E-state index contributed by atoms with van der Waals surface area (Å²) in [5.74, 6) is 0. The maximum atomic E-state index is 7.66. The maximum absolute atomic E-state index is 7.66. The van der Waals surface area contributed by atoms with Crippen molar-refractivity contribution in [2.24, 2.45) is 0 Å². The van der Waals surface area contributed by atoms with Crippen LogP contribution in [0.5, 0.6) is 0 Å². The Bertz CT molecular complexity index is 9000. The van der Waals surface area contributed by atoms with Gasteiger partial charge in [-0.05, 0) is 326 Å². The highest BCUT2D eigenvalue weighted by molar-refractivity contribution is 6.29. The van der Waals surface area contributed by atoms with Gasteiger partial charge < -0.3 is 27.4 Å². The van der Waals surface area contributed by atoms with E-state index in [9.17, 15) is 0 Å². The summed E-state index contributed by atoms with van der Waals surface area (Å²) in [5.41, 5.74) is 33.3. The Morgan fingerprint density at radius 1 is 0.203 bits per heavy atom. The van der Waals surface area contributed by atoms with Crippen LogP contribution in [0.15, 0.2) is 385 Å². The fraction of sp³-hybridized carbons (Fsp3) is 0.123. The van der Waals surface area contributed by atoms with Gasteiger partial charge in [0.25, 0.3) is 0 Å². The summed E-state index contributed by atoms with van der Waals surface area (Å²) in [7, 11) is 0. The van der Waals surface area contributed by atoms with Crippen LogP contribution in [0.1, 0.15) is 105 Å². The highest BCUT2D eigenvalue weighted by Crippen LogP contribution is 2.51. The molecule has 0 bridgehead atoms. The first kappa shape index (κ1) is 83.1. The molecule has 0 saturated carbocycles. The molecule has 26 rings (SSSR count). The molecular weight excluding hydrogens is 1680 g/mol. The molecular formula is C130H98N6O2. The highest BCUT2D eigenvalue weighted by atomic mass is 16.3. The number of hydrogen-bond donors (Lipinski definition) is 0. The summed E-state index contributed by atoms with van der Waals surface area (Å²) in [6.07, 6.45) is 0. The van der Waals surface area contributed by atoms with Gasteiger partial charge in [0.15, 0.2) is 11.4 Å². The molecule has 0 fully saturated rings. The van der Waals surface area contributed by atoms with Gasteiger partial charge in [0.05, 0.1) is 46.2 Å². The Morgan fingerprint density at radius 3 is 0.761 bits per heavy atom. The second kappa shape index (κ2) is 30.9. The Hall–Kier alpha value is -16.8. The van der Waals surface area contributed by atoms with Crippen molar-refractivity contribution in [3.8, 4) is 44.5 Å². The van der Waals surface area contributed by atoms with E-state index in [2.05, 4.69) is 439 Å². The smallest absolute Gasteiger partial charge is 0.187 e. The SMILES string of the molecule is [C-]#[N+]c1ccc(-c2cc3c4cc5ccc(-c6ccc7oc8ccccc8c7c6)cc5cc4n4c5cc6cc(-c7ccc8oc9ccccc9c8c7)ccc6cc5c(c2)c34)cc1.[C-]#[N+]c1ccc(-c2cc3c4cc5ccc(N(c6ccc(C(C)(C)C)cc6)c6ccc(C(C)(C)C)cc6)cc5cc4n4c5cc6cc(N(c7ccc(C(C)(C)C)cc7)c7ccc(C(C)(C)C)cc7)ccc6cc5c(c2)c34)cc1. The van der Waals surface area contributed by atoms with Crippen molar-refractivity contribution in [3.05, 3.63) is 421 Å². The fourth-order valence-corrected chi connectivity index (χ4v) is 21.6. The first-order valence-electron chi connectivity index (χ1n) is 47.8. The molecule has 0 atom stereocenters. The molecule has 8 nitrogen and oxygen atoms in total. The second-order valence-corrected chi connectivity index (χ2v) is 42.0. The number of rotatable bonds is 10. The third kappa shape index (κ3) is 13.8. The van der Waals surface area contributed by atoms with Crippen LogP contribution in [0.2, 0.25) is 0 Å². The molecule has 6 aromatic heterocycles. The molecule has 26 aromatic rings. The summed E-state index contributed by atoms with van der Waals surface area (Å²) in [6, 6.07) is 138. The fourth-order valence-electron chi connectivity index (χ4n) is 21.6. The first-order valence-corrected chi connectivity index (χ1v) is 47.8. The zero-order chi connectivity index (χ0) is 93.8. The van der Waals surface area contributed by atoms with Crippen molar-refractivity contribution >= 4 is 209 Å². The van der Waals surface area contributed by atoms with Crippen LogP contribution in [0.3, 0.4) is 0 Å². The van der Waals surface area contributed by atoms with Crippen molar-refractivity contribution in [2.75, 3.05) is 9.80 Å². The van der Waals surface area contributed by atoms with E-state index in [-0.39, 0.29) is 21.7 Å². The predicted molar refractivity (Wildman–Crippen MR) is 585 cm³/mol. The number of para-hydroxylation sites is 2. The standard InChI is InChI=1S/C73H68N4.C57H30N2O2/c1-70(2,3)52-18-30-57(31-19-52)75(58-32-20-53(21-33-58)71(4,5)6)61-28-16-47-40-63-65-42-51(46-14-26-56(74-13)27-15-46)43-66-64-41-48-17-29-62(39-50(48)45-68(64)77(69(65)66)67(63)44-49(47)38-61)76(59-34-22-54(23-35-59)72(7,8)9)60-36-24-55(25-37-60)73(10,11)12;1-58-42-18-14-32(15-19-42)41-28-49-45-24-37-12-10-33(35-16-20-55-47(26-35)43-6-2-4-8-53(43)60-55)22-39(37)30-51(45)59-52-31-40-23-34(11-13-38(40)25-46(52)50(29-41)57(49)59)36-17-21-56-48(27-36)44-7-3-5-9-54(44)61-56/h14-45H,1-12H3;2-31H. The molecule has 138 heavy (non-hydrogen) atoms. The van der Waals surface area contributed by atoms with Gasteiger partial charge >= 0.3 is 0 Å². The Labute approximate surface area is 801 Å². The second-order valence-electron chi connectivity index (χ2n) is 42.0. The van der Waals surface area contributed by atoms with E-state index >= 15 is 0 Å². The number of anilines is 6. The summed E-state index contributed by atoms with van der Waals surface area (Å²) in [6.45, 7) is 42.5. The molecule has 0 aliphatic rings. The van der Waals surface area contributed by atoms with E-state index in [1.54, 1.807) is 0 Å². The lowest BCUT2D eigenvalue weighted by molar-refractivity contribution is 0.590. The summed E-state index contributed by atoms with van der Waals surface area (Å²) in [5, 5.41) is 23.8. The third-order valence-electron chi connectivity index (χ3n) is 29.1. The minimum atomic E-state index is 0.0449. The van der Waals surface area contributed by atoms with E-state index in [0.29, 0.717) is 11.4 Å². The van der Waals surface area contributed by atoms with Crippen LogP contribution < -0.4 is 9.80 Å². The van der Waals surface area contributed by atoms with Crippen molar-refractivity contribution < 1.29 is 8.83 Å². The number of hydrogen-bond acceptors (Lipinski definition) is 4. The van der Waals surface area contributed by atoms with Gasteiger partial charge in [0.1, 0.15) is 22.3 Å². The molecule has 0 saturated heterocycles. The van der Waals surface area contributed by atoms with Crippen LogP contribution in [-0.2, 0) is 21.7 Å². The van der Waals surface area contributed by atoms with Crippen LogP contribution in [0.25, 0.3) is 217 Å². The van der Waals surface area contributed by atoms with Gasteiger partial charge in [-0.1, -0.05) is 265 Å². The quantitative estimate of drug-likeness (QED) is 0.128. The average Bonchev–Trinajstić information content (AvgIpc) is 1.53. The number of benzene rings is 20. The molecule has 20 aromatic carbocycles.